The Hall–Kier alpha value is -1.90. The summed E-state index contributed by atoms with van der Waals surface area (Å²) in [7, 11) is -4.69. The van der Waals surface area contributed by atoms with Crippen LogP contribution in [0, 0.1) is 17.5 Å². The molecule has 1 amide bonds. The number of carbonyl (C=O) groups is 1. The van der Waals surface area contributed by atoms with Crippen molar-refractivity contribution in [3.63, 3.8) is 0 Å². The molecule has 1 fully saturated rings. The van der Waals surface area contributed by atoms with Crippen molar-refractivity contribution in [3.05, 3.63) is 17.5 Å². The maximum absolute atomic E-state index is 15.2. The highest BCUT2D eigenvalue weighted by atomic mass is 32.2. The predicted molar refractivity (Wildman–Crippen MR) is 117 cm³/mol. The van der Waals surface area contributed by atoms with E-state index in [-0.39, 0.29) is 13.1 Å². The lowest BCUT2D eigenvalue weighted by molar-refractivity contribution is -0.120. The van der Waals surface area contributed by atoms with Crippen LogP contribution in [-0.4, -0.2) is 48.0 Å². The Balaban J connectivity index is 2.50. The van der Waals surface area contributed by atoms with Crippen molar-refractivity contribution >= 4 is 38.4 Å². The number of carbonyl (C=O) groups excluding carboxylic acids is 1. The topological polar surface area (TPSA) is 153 Å². The first-order chi connectivity index (χ1) is 15.6. The Labute approximate surface area is 193 Å². The molecule has 0 heterocycles. The SMILES string of the molecule is NCCNC(=O)CCS(=O)(=O)c1c(F)c(F)c(NS(=O)[O-])c(F)c1NC1CCCCCCC1. The molecule has 1 aromatic carbocycles. The molecular weight excluding hydrogens is 485 g/mol. The van der Waals surface area contributed by atoms with Crippen LogP contribution >= 0.6 is 0 Å². The summed E-state index contributed by atoms with van der Waals surface area (Å²) in [6.45, 7) is 0.215. The van der Waals surface area contributed by atoms with Gasteiger partial charge in [-0.25, -0.2) is 21.6 Å². The zero-order chi connectivity index (χ0) is 24.6. The largest absolute Gasteiger partial charge is 0.755 e. The Bertz CT molecular complexity index is 971. The van der Waals surface area contributed by atoms with Crippen molar-refractivity contribution in [2.24, 2.45) is 5.73 Å². The molecule has 1 aromatic rings. The minimum atomic E-state index is -4.69. The molecule has 0 aliphatic heterocycles. The van der Waals surface area contributed by atoms with Gasteiger partial charge in [-0.15, -0.1) is 0 Å². The molecule has 1 saturated carbocycles. The number of halogens is 3. The quantitative estimate of drug-likeness (QED) is 0.276. The molecule has 0 bridgehead atoms. The highest BCUT2D eigenvalue weighted by molar-refractivity contribution is 7.91. The van der Waals surface area contributed by atoms with Crippen LogP contribution in [0.1, 0.15) is 51.4 Å². The Morgan fingerprint density at radius 2 is 1.64 bits per heavy atom. The molecule has 1 atom stereocenters. The molecule has 1 aliphatic carbocycles. The van der Waals surface area contributed by atoms with E-state index in [2.05, 4.69) is 10.6 Å². The number of anilines is 2. The van der Waals surface area contributed by atoms with Crippen molar-refractivity contribution in [1.29, 1.82) is 0 Å². The number of hydrogen-bond acceptors (Lipinski definition) is 7. The third-order valence-electron chi connectivity index (χ3n) is 5.29. The zero-order valence-corrected chi connectivity index (χ0v) is 19.6. The van der Waals surface area contributed by atoms with Crippen LogP contribution in [0.25, 0.3) is 0 Å². The van der Waals surface area contributed by atoms with Gasteiger partial charge in [-0.05, 0) is 12.8 Å². The number of nitrogens with two attached hydrogens (primary N) is 1. The van der Waals surface area contributed by atoms with Gasteiger partial charge in [0.2, 0.25) is 5.91 Å². The minimum Gasteiger partial charge on any atom is -0.755 e. The fraction of sp³-hybridized carbons (Fsp3) is 0.632. The highest BCUT2D eigenvalue weighted by Crippen LogP contribution is 2.38. The van der Waals surface area contributed by atoms with E-state index in [4.69, 9.17) is 5.73 Å². The van der Waals surface area contributed by atoms with E-state index in [9.17, 15) is 30.8 Å². The van der Waals surface area contributed by atoms with Gasteiger partial charge in [-0.3, -0.25) is 9.00 Å². The Kier molecular flexibility index (Phi) is 10.4. The normalized spacial score (nSPS) is 16.5. The van der Waals surface area contributed by atoms with E-state index in [1.54, 1.807) is 0 Å². The second-order valence-corrected chi connectivity index (χ2v) is 10.5. The van der Waals surface area contributed by atoms with Gasteiger partial charge < -0.3 is 25.6 Å². The van der Waals surface area contributed by atoms with Crippen LogP contribution in [0.15, 0.2) is 4.90 Å². The molecule has 0 spiro atoms. The van der Waals surface area contributed by atoms with Crippen molar-refractivity contribution < 1.29 is 35.1 Å². The molecule has 0 aromatic heterocycles. The van der Waals surface area contributed by atoms with E-state index < -0.39 is 78.9 Å². The molecule has 33 heavy (non-hydrogen) atoms. The molecule has 0 saturated heterocycles. The third-order valence-corrected chi connectivity index (χ3v) is 7.41. The zero-order valence-electron chi connectivity index (χ0n) is 17.9. The molecule has 188 valence electrons. The molecule has 1 aliphatic rings. The molecule has 14 heteroatoms. The molecular formula is C19H28F3N4O5S2-. The second-order valence-electron chi connectivity index (χ2n) is 7.75. The summed E-state index contributed by atoms with van der Waals surface area (Å²) < 4.78 is 93.8. The van der Waals surface area contributed by atoms with Gasteiger partial charge >= 0.3 is 0 Å². The molecule has 9 nitrogen and oxygen atoms in total. The van der Waals surface area contributed by atoms with Crippen molar-refractivity contribution in [2.75, 3.05) is 28.9 Å². The number of rotatable bonds is 10. The second kappa shape index (κ2) is 12.5. The number of nitrogens with one attached hydrogen (secondary N) is 3. The lowest BCUT2D eigenvalue weighted by Crippen LogP contribution is -2.31. The first kappa shape index (κ1) is 27.3. The summed E-state index contributed by atoms with van der Waals surface area (Å²) in [6.07, 6.45) is 4.89. The third kappa shape index (κ3) is 7.55. The highest BCUT2D eigenvalue weighted by Gasteiger charge is 2.34. The van der Waals surface area contributed by atoms with Crippen LogP contribution in [-0.2, 0) is 25.9 Å². The van der Waals surface area contributed by atoms with Crippen molar-refractivity contribution in [1.82, 2.24) is 5.32 Å². The standard InChI is InChI=1S/C19H29F3N4O5S2/c20-14-15(21)19(33(30,31)11-8-13(27)24-10-9-23)18(16(22)17(14)26-32(28)29)25-12-6-4-2-1-3-5-7-12/h12,25-26H,1-11,23H2,(H,24,27)(H,28,29)/p-1. The van der Waals surface area contributed by atoms with Gasteiger partial charge in [0, 0.05) is 36.8 Å². The monoisotopic (exact) mass is 513 g/mol. The van der Waals surface area contributed by atoms with Gasteiger partial charge in [0.25, 0.3) is 0 Å². The summed E-state index contributed by atoms with van der Waals surface area (Å²) in [5.74, 6) is -7.10. The van der Waals surface area contributed by atoms with Gasteiger partial charge in [-0.1, -0.05) is 32.1 Å². The van der Waals surface area contributed by atoms with Gasteiger partial charge in [0.05, 0.1) is 11.4 Å². The van der Waals surface area contributed by atoms with E-state index >= 15 is 4.39 Å². The van der Waals surface area contributed by atoms with Crippen LogP contribution in [0.3, 0.4) is 0 Å². The first-order valence-electron chi connectivity index (χ1n) is 10.6. The lowest BCUT2D eigenvalue weighted by Gasteiger charge is -2.25. The fourth-order valence-electron chi connectivity index (χ4n) is 3.67. The van der Waals surface area contributed by atoms with Crippen molar-refractivity contribution in [3.8, 4) is 0 Å². The van der Waals surface area contributed by atoms with Crippen molar-refractivity contribution in [2.45, 2.75) is 62.3 Å². The summed E-state index contributed by atoms with van der Waals surface area (Å²) in [6, 6.07) is -0.433. The Morgan fingerprint density at radius 1 is 1.03 bits per heavy atom. The number of sulfone groups is 1. The number of hydrogen-bond donors (Lipinski definition) is 4. The van der Waals surface area contributed by atoms with E-state index in [1.807, 2.05) is 0 Å². The fourth-order valence-corrected chi connectivity index (χ4v) is 5.49. The van der Waals surface area contributed by atoms with E-state index in [0.29, 0.717) is 12.8 Å². The molecule has 1 unspecified atom stereocenters. The Morgan fingerprint density at radius 3 is 2.21 bits per heavy atom. The summed E-state index contributed by atoms with van der Waals surface area (Å²) in [5, 5.41) is 5.03. The maximum Gasteiger partial charge on any atom is 0.221 e. The van der Waals surface area contributed by atoms with Crippen LogP contribution in [0.4, 0.5) is 24.5 Å². The van der Waals surface area contributed by atoms with Gasteiger partial charge in [0.15, 0.2) is 27.3 Å². The average molecular weight is 514 g/mol. The average Bonchev–Trinajstić information content (AvgIpc) is 2.73. The smallest absolute Gasteiger partial charge is 0.221 e. The number of benzene rings is 1. The lowest BCUT2D eigenvalue weighted by atomic mass is 9.96. The number of amides is 1. The maximum atomic E-state index is 15.2. The predicted octanol–water partition coefficient (Wildman–Crippen LogP) is 2.07. The summed E-state index contributed by atoms with van der Waals surface area (Å²) in [4.78, 5) is 10.5. The van der Waals surface area contributed by atoms with Crippen LogP contribution in [0.2, 0.25) is 0 Å². The minimum absolute atomic E-state index is 0.0949. The van der Waals surface area contributed by atoms with Crippen LogP contribution < -0.4 is 21.1 Å². The molecule has 5 N–H and O–H groups in total. The van der Waals surface area contributed by atoms with E-state index in [0.717, 1.165) is 32.1 Å². The van der Waals surface area contributed by atoms with Crippen LogP contribution in [0.5, 0.6) is 0 Å². The molecule has 2 rings (SSSR count). The summed E-state index contributed by atoms with van der Waals surface area (Å²) in [5.41, 5.74) is 3.08. The summed E-state index contributed by atoms with van der Waals surface area (Å²) >= 11 is -3.19. The molecule has 0 radical (unpaired) electrons. The van der Waals surface area contributed by atoms with E-state index in [1.165, 1.54) is 4.72 Å². The van der Waals surface area contributed by atoms with Gasteiger partial charge in [0.1, 0.15) is 10.6 Å². The van der Waals surface area contributed by atoms with Gasteiger partial charge in [-0.2, -0.15) is 0 Å². The first-order valence-corrected chi connectivity index (χ1v) is 13.3.